The zero-order valence-corrected chi connectivity index (χ0v) is 19.7. The van der Waals surface area contributed by atoms with E-state index in [-0.39, 0.29) is 18.8 Å². The highest BCUT2D eigenvalue weighted by molar-refractivity contribution is 5.95. The molecule has 0 saturated heterocycles. The number of aromatic nitrogens is 3. The maximum absolute atomic E-state index is 13.0. The molecule has 10 nitrogen and oxygen atoms in total. The molecule has 2 aromatic heterocycles. The molecule has 4 rings (SSSR count). The fourth-order valence-electron chi connectivity index (χ4n) is 3.76. The van der Waals surface area contributed by atoms with Crippen LogP contribution in [0.15, 0.2) is 60.8 Å². The number of anilines is 1. The van der Waals surface area contributed by atoms with Gasteiger partial charge < -0.3 is 20.6 Å². The van der Waals surface area contributed by atoms with Crippen LogP contribution in [0.25, 0.3) is 11.0 Å². The number of amidine groups is 1. The van der Waals surface area contributed by atoms with Crippen LogP contribution in [-0.2, 0) is 17.6 Å². The van der Waals surface area contributed by atoms with Gasteiger partial charge in [-0.25, -0.2) is 14.8 Å². The summed E-state index contributed by atoms with van der Waals surface area (Å²) in [7, 11) is 0. The third-order valence-corrected chi connectivity index (χ3v) is 5.72. The average Bonchev–Trinajstić information content (AvgIpc) is 3.29. The summed E-state index contributed by atoms with van der Waals surface area (Å²) in [5.74, 6) is 0.447. The van der Waals surface area contributed by atoms with Crippen molar-refractivity contribution in [3.05, 3.63) is 83.3 Å². The predicted octanol–water partition coefficient (Wildman–Crippen LogP) is 3.82. The Hall–Kier alpha value is -4.73. The molecule has 0 spiro atoms. The van der Waals surface area contributed by atoms with Gasteiger partial charge in [0, 0.05) is 30.3 Å². The van der Waals surface area contributed by atoms with Gasteiger partial charge in [0.05, 0.1) is 17.5 Å². The fraction of sp³-hybridized carbons (Fsp3) is 0.192. The number of carbonyl (C=O) groups excluding carboxylic acids is 1. The topological polar surface area (TPSA) is 158 Å². The zero-order valence-electron chi connectivity index (χ0n) is 19.7. The SMILES string of the molecule is Cc1c(OC(=O)N(CCC(=O)O)c2ccccn2)ccc2[nH]c(CCc3ccc(C(=N)N)cc3)nc12. The number of carboxylic acid groups (broad SMARTS) is 1. The largest absolute Gasteiger partial charge is 0.481 e. The Kier molecular flexibility index (Phi) is 7.24. The smallest absolute Gasteiger partial charge is 0.420 e. The van der Waals surface area contributed by atoms with Crippen molar-refractivity contribution in [3.63, 3.8) is 0 Å². The molecule has 184 valence electrons. The van der Waals surface area contributed by atoms with E-state index in [4.69, 9.17) is 26.0 Å². The highest BCUT2D eigenvalue weighted by atomic mass is 16.6. The summed E-state index contributed by atoms with van der Waals surface area (Å²) in [5, 5.41) is 16.6. The van der Waals surface area contributed by atoms with E-state index in [0.29, 0.717) is 34.6 Å². The lowest BCUT2D eigenvalue weighted by molar-refractivity contribution is -0.136. The molecule has 4 aromatic rings. The summed E-state index contributed by atoms with van der Waals surface area (Å²) in [5.41, 5.74) is 9.49. The number of benzene rings is 2. The number of rotatable bonds is 9. The molecule has 5 N–H and O–H groups in total. The summed E-state index contributed by atoms with van der Waals surface area (Å²) in [6.07, 6.45) is 1.98. The first-order valence-corrected chi connectivity index (χ1v) is 11.4. The Bertz CT molecular complexity index is 1400. The van der Waals surface area contributed by atoms with E-state index in [9.17, 15) is 9.59 Å². The second kappa shape index (κ2) is 10.7. The number of aliphatic carboxylic acids is 1. The Labute approximate surface area is 207 Å². The van der Waals surface area contributed by atoms with Crippen LogP contribution < -0.4 is 15.4 Å². The molecule has 0 aliphatic heterocycles. The monoisotopic (exact) mass is 486 g/mol. The molecule has 1 amide bonds. The van der Waals surface area contributed by atoms with Crippen molar-refractivity contribution in [2.75, 3.05) is 11.4 Å². The van der Waals surface area contributed by atoms with Gasteiger partial charge in [0.2, 0.25) is 0 Å². The molecule has 0 bridgehead atoms. The number of nitrogens with two attached hydrogens (primary N) is 1. The Morgan fingerprint density at radius 3 is 2.56 bits per heavy atom. The van der Waals surface area contributed by atoms with Crippen LogP contribution in [0.5, 0.6) is 5.75 Å². The van der Waals surface area contributed by atoms with Gasteiger partial charge in [0.15, 0.2) is 0 Å². The first kappa shape index (κ1) is 24.4. The molecule has 36 heavy (non-hydrogen) atoms. The van der Waals surface area contributed by atoms with Crippen LogP contribution >= 0.6 is 0 Å². The van der Waals surface area contributed by atoms with Gasteiger partial charge in [-0.3, -0.25) is 15.1 Å². The second-order valence-corrected chi connectivity index (χ2v) is 8.23. The van der Waals surface area contributed by atoms with Crippen LogP contribution in [0, 0.1) is 12.3 Å². The van der Waals surface area contributed by atoms with E-state index in [0.717, 1.165) is 23.3 Å². The lowest BCUT2D eigenvalue weighted by Crippen LogP contribution is -2.36. The van der Waals surface area contributed by atoms with Crippen LogP contribution in [0.4, 0.5) is 10.6 Å². The molecule has 2 aromatic carbocycles. The summed E-state index contributed by atoms with van der Waals surface area (Å²) in [6, 6.07) is 16.1. The first-order valence-electron chi connectivity index (χ1n) is 11.4. The number of fused-ring (bicyclic) bond motifs is 1. The molecule has 2 heterocycles. The predicted molar refractivity (Wildman–Crippen MR) is 136 cm³/mol. The number of hydrogen-bond donors (Lipinski definition) is 4. The third kappa shape index (κ3) is 5.66. The van der Waals surface area contributed by atoms with E-state index in [1.165, 1.54) is 11.1 Å². The zero-order chi connectivity index (χ0) is 25.7. The van der Waals surface area contributed by atoms with Crippen LogP contribution in [-0.4, -0.2) is 44.5 Å². The summed E-state index contributed by atoms with van der Waals surface area (Å²) in [6.45, 7) is 1.74. The first-order chi connectivity index (χ1) is 17.3. The van der Waals surface area contributed by atoms with E-state index in [1.54, 1.807) is 30.3 Å². The number of amides is 1. The van der Waals surface area contributed by atoms with E-state index >= 15 is 0 Å². The van der Waals surface area contributed by atoms with Gasteiger partial charge in [-0.1, -0.05) is 30.3 Å². The van der Waals surface area contributed by atoms with Crippen molar-refractivity contribution in [1.29, 1.82) is 5.41 Å². The van der Waals surface area contributed by atoms with Gasteiger partial charge in [0.25, 0.3) is 0 Å². The standard InChI is InChI=1S/C26H26N6O4/c1-16-20(36-26(35)32(15-13-23(33)34)22-4-2-3-14-29-22)11-10-19-24(16)31-21(30-19)12-7-17-5-8-18(9-6-17)25(27)28/h2-6,8-11,14H,7,12-13,15H2,1H3,(H3,27,28)(H,30,31)(H,33,34). The normalized spacial score (nSPS) is 10.8. The molecular weight excluding hydrogens is 460 g/mol. The lowest BCUT2D eigenvalue weighted by Gasteiger charge is -2.20. The van der Waals surface area contributed by atoms with Crippen molar-refractivity contribution in [2.24, 2.45) is 5.73 Å². The lowest BCUT2D eigenvalue weighted by atomic mass is 10.1. The number of nitrogens with zero attached hydrogens (tertiary/aromatic N) is 3. The number of nitrogens with one attached hydrogen (secondary N) is 2. The third-order valence-electron chi connectivity index (χ3n) is 5.72. The molecule has 0 aliphatic rings. The maximum Gasteiger partial charge on any atom is 0.420 e. The number of nitrogen functional groups attached to an aromatic ring is 1. The van der Waals surface area contributed by atoms with Gasteiger partial charge in [-0.2, -0.15) is 0 Å². The van der Waals surface area contributed by atoms with Gasteiger partial charge in [-0.15, -0.1) is 0 Å². The minimum Gasteiger partial charge on any atom is -0.481 e. The minimum absolute atomic E-state index is 0.0378. The van der Waals surface area contributed by atoms with Gasteiger partial charge in [0.1, 0.15) is 23.2 Å². The van der Waals surface area contributed by atoms with Crippen molar-refractivity contribution < 1.29 is 19.4 Å². The van der Waals surface area contributed by atoms with Crippen LogP contribution in [0.1, 0.15) is 28.9 Å². The maximum atomic E-state index is 13.0. The quantitative estimate of drug-likeness (QED) is 0.207. The number of carbonyl (C=O) groups is 2. The van der Waals surface area contributed by atoms with E-state index in [2.05, 4.69) is 9.97 Å². The molecule has 10 heteroatoms. The molecule has 0 aliphatic carbocycles. The molecular formula is C26H26N6O4. The molecule has 0 atom stereocenters. The Morgan fingerprint density at radius 1 is 1.11 bits per heavy atom. The second-order valence-electron chi connectivity index (χ2n) is 8.23. The Morgan fingerprint density at radius 2 is 1.89 bits per heavy atom. The molecule has 0 fully saturated rings. The van der Waals surface area contributed by atoms with E-state index < -0.39 is 12.1 Å². The molecule has 0 saturated carbocycles. The van der Waals surface area contributed by atoms with Crippen LogP contribution in [0.2, 0.25) is 0 Å². The number of aryl methyl sites for hydroxylation is 3. The summed E-state index contributed by atoms with van der Waals surface area (Å²) in [4.78, 5) is 37.4. The van der Waals surface area contributed by atoms with Crippen molar-refractivity contribution >= 4 is 34.7 Å². The number of hydrogen-bond acceptors (Lipinski definition) is 6. The van der Waals surface area contributed by atoms with Gasteiger partial charge >= 0.3 is 12.1 Å². The summed E-state index contributed by atoms with van der Waals surface area (Å²) >= 11 is 0. The van der Waals surface area contributed by atoms with Crippen molar-refractivity contribution in [1.82, 2.24) is 15.0 Å². The number of H-pyrrole nitrogens is 1. The number of carboxylic acids is 1. The number of imidazole rings is 1. The summed E-state index contributed by atoms with van der Waals surface area (Å²) < 4.78 is 5.64. The minimum atomic E-state index is -1.03. The van der Waals surface area contributed by atoms with Crippen LogP contribution in [0.3, 0.4) is 0 Å². The van der Waals surface area contributed by atoms with E-state index in [1.807, 2.05) is 31.2 Å². The van der Waals surface area contributed by atoms with Gasteiger partial charge in [-0.05, 0) is 43.2 Å². The van der Waals surface area contributed by atoms with Crippen molar-refractivity contribution in [3.8, 4) is 5.75 Å². The number of pyridine rings is 1. The number of ether oxygens (including phenoxy) is 1. The van der Waals surface area contributed by atoms with Crippen molar-refractivity contribution in [2.45, 2.75) is 26.2 Å². The highest BCUT2D eigenvalue weighted by Gasteiger charge is 2.22. The molecule has 0 unspecified atom stereocenters. The Balaban J connectivity index is 1.49. The molecule has 0 radical (unpaired) electrons. The number of aromatic amines is 1. The highest BCUT2D eigenvalue weighted by Crippen LogP contribution is 2.27. The average molecular weight is 487 g/mol. The fourth-order valence-corrected chi connectivity index (χ4v) is 3.76.